The average molecular weight is 279 g/mol. The van der Waals surface area contributed by atoms with Gasteiger partial charge in [0.1, 0.15) is 19.0 Å². The van der Waals surface area contributed by atoms with E-state index >= 15 is 0 Å². The molecule has 0 saturated carbocycles. The number of fused-ring (bicyclic) bond motifs is 1. The van der Waals surface area contributed by atoms with Gasteiger partial charge in [-0.2, -0.15) is 0 Å². The van der Waals surface area contributed by atoms with Crippen molar-refractivity contribution in [3.63, 3.8) is 0 Å². The van der Waals surface area contributed by atoms with Crippen LogP contribution in [0.4, 0.5) is 5.69 Å². The zero-order chi connectivity index (χ0) is 14.4. The van der Waals surface area contributed by atoms with E-state index in [0.717, 1.165) is 12.2 Å². The Morgan fingerprint density at radius 2 is 1.90 bits per heavy atom. The number of rotatable bonds is 7. The van der Waals surface area contributed by atoms with Gasteiger partial charge in [-0.1, -0.05) is 33.1 Å². The van der Waals surface area contributed by atoms with Crippen LogP contribution in [-0.4, -0.2) is 19.8 Å². The van der Waals surface area contributed by atoms with Crippen molar-refractivity contribution in [3.8, 4) is 17.2 Å². The number of anilines is 1. The fourth-order valence-corrected chi connectivity index (χ4v) is 2.32. The molecule has 0 saturated heterocycles. The molecule has 1 aromatic carbocycles. The lowest BCUT2D eigenvalue weighted by Gasteiger charge is -2.21. The third-order valence-electron chi connectivity index (χ3n) is 3.69. The molecular weight excluding hydrogens is 254 g/mol. The van der Waals surface area contributed by atoms with E-state index in [0.29, 0.717) is 42.9 Å². The summed E-state index contributed by atoms with van der Waals surface area (Å²) in [7, 11) is 0. The first kappa shape index (κ1) is 14.8. The molecule has 1 atom stereocenters. The Morgan fingerprint density at radius 3 is 2.55 bits per heavy atom. The molecule has 0 bridgehead atoms. The molecule has 0 fully saturated rings. The average Bonchev–Trinajstić information content (AvgIpc) is 2.47. The third-order valence-corrected chi connectivity index (χ3v) is 3.69. The molecule has 4 heteroatoms. The Hall–Kier alpha value is -1.58. The van der Waals surface area contributed by atoms with Crippen LogP contribution in [0.25, 0.3) is 0 Å². The van der Waals surface area contributed by atoms with Crippen LogP contribution in [0.3, 0.4) is 0 Å². The Kier molecular flexibility index (Phi) is 5.39. The Labute approximate surface area is 121 Å². The summed E-state index contributed by atoms with van der Waals surface area (Å²) < 4.78 is 16.9. The Balaban J connectivity index is 1.98. The van der Waals surface area contributed by atoms with Crippen LogP contribution < -0.4 is 19.9 Å². The van der Waals surface area contributed by atoms with Gasteiger partial charge in [-0.25, -0.2) is 0 Å². The van der Waals surface area contributed by atoms with Crippen molar-refractivity contribution in [3.05, 3.63) is 12.1 Å². The van der Waals surface area contributed by atoms with E-state index in [1.165, 1.54) is 19.3 Å². The second-order valence-corrected chi connectivity index (χ2v) is 5.26. The summed E-state index contributed by atoms with van der Waals surface area (Å²) in [6, 6.07) is 3.63. The molecule has 0 aliphatic carbocycles. The van der Waals surface area contributed by atoms with Crippen molar-refractivity contribution in [2.75, 3.05) is 25.6 Å². The quantitative estimate of drug-likeness (QED) is 0.774. The zero-order valence-corrected chi connectivity index (χ0v) is 12.5. The molecule has 1 aliphatic rings. The minimum atomic E-state index is 0.571. The Morgan fingerprint density at radius 1 is 1.20 bits per heavy atom. The first-order valence-corrected chi connectivity index (χ1v) is 7.56. The summed E-state index contributed by atoms with van der Waals surface area (Å²) in [5.41, 5.74) is 6.62. The van der Waals surface area contributed by atoms with Gasteiger partial charge < -0.3 is 19.9 Å². The predicted octanol–water partition coefficient (Wildman–Crippen LogP) is 3.64. The lowest BCUT2D eigenvalue weighted by atomic mass is 10.0. The van der Waals surface area contributed by atoms with Gasteiger partial charge in [-0.15, -0.1) is 0 Å². The van der Waals surface area contributed by atoms with Crippen LogP contribution in [-0.2, 0) is 0 Å². The molecule has 0 amide bonds. The number of benzene rings is 1. The van der Waals surface area contributed by atoms with Crippen molar-refractivity contribution in [2.45, 2.75) is 39.5 Å². The maximum Gasteiger partial charge on any atom is 0.165 e. The van der Waals surface area contributed by atoms with Crippen molar-refractivity contribution in [1.29, 1.82) is 0 Å². The topological polar surface area (TPSA) is 53.7 Å². The van der Waals surface area contributed by atoms with Crippen LogP contribution >= 0.6 is 0 Å². The van der Waals surface area contributed by atoms with Crippen molar-refractivity contribution >= 4 is 5.69 Å². The Bertz CT molecular complexity index is 434. The highest BCUT2D eigenvalue weighted by Crippen LogP contribution is 2.38. The van der Waals surface area contributed by atoms with E-state index in [9.17, 15) is 0 Å². The molecule has 4 nitrogen and oxygen atoms in total. The largest absolute Gasteiger partial charge is 0.491 e. The van der Waals surface area contributed by atoms with Gasteiger partial charge in [0.25, 0.3) is 0 Å². The number of nitrogens with two attached hydrogens (primary N) is 1. The molecule has 1 heterocycles. The maximum absolute atomic E-state index is 6.01. The fraction of sp³-hybridized carbons (Fsp3) is 0.625. The molecular formula is C16H25NO3. The summed E-state index contributed by atoms with van der Waals surface area (Å²) in [5, 5.41) is 0. The van der Waals surface area contributed by atoms with Gasteiger partial charge in [-0.05, 0) is 12.3 Å². The van der Waals surface area contributed by atoms with Crippen LogP contribution in [0.2, 0.25) is 0 Å². The highest BCUT2D eigenvalue weighted by Gasteiger charge is 2.16. The van der Waals surface area contributed by atoms with E-state index in [4.69, 9.17) is 19.9 Å². The van der Waals surface area contributed by atoms with E-state index in [-0.39, 0.29) is 0 Å². The molecule has 2 rings (SSSR count). The van der Waals surface area contributed by atoms with Gasteiger partial charge in [0.05, 0.1) is 12.3 Å². The summed E-state index contributed by atoms with van der Waals surface area (Å²) >= 11 is 0. The molecule has 1 aromatic rings. The van der Waals surface area contributed by atoms with Crippen molar-refractivity contribution in [2.24, 2.45) is 5.92 Å². The summed E-state index contributed by atoms with van der Waals surface area (Å²) in [6.45, 7) is 6.27. The second-order valence-electron chi connectivity index (χ2n) is 5.26. The SMILES string of the molecule is CCCCC(CC)COc1cc2c(cc1N)OCCO2. The normalized spacial score (nSPS) is 14.9. The first-order chi connectivity index (χ1) is 9.74. The highest BCUT2D eigenvalue weighted by atomic mass is 16.6. The van der Waals surface area contributed by atoms with E-state index < -0.39 is 0 Å². The number of nitrogen functional groups attached to an aromatic ring is 1. The lowest BCUT2D eigenvalue weighted by molar-refractivity contribution is 0.169. The standard InChI is InChI=1S/C16H25NO3/c1-3-5-6-12(4-2)11-20-14-10-16-15(9-13(14)17)18-7-8-19-16/h9-10,12H,3-8,11,17H2,1-2H3. The van der Waals surface area contributed by atoms with Crippen LogP contribution in [0, 0.1) is 5.92 Å². The smallest absolute Gasteiger partial charge is 0.165 e. The molecule has 2 N–H and O–H groups in total. The number of hydrogen-bond acceptors (Lipinski definition) is 4. The number of hydrogen-bond donors (Lipinski definition) is 1. The zero-order valence-electron chi connectivity index (χ0n) is 12.5. The van der Waals surface area contributed by atoms with E-state index in [2.05, 4.69) is 13.8 Å². The monoisotopic (exact) mass is 279 g/mol. The van der Waals surface area contributed by atoms with Gasteiger partial charge in [0, 0.05) is 12.1 Å². The molecule has 0 spiro atoms. The van der Waals surface area contributed by atoms with Crippen molar-refractivity contribution in [1.82, 2.24) is 0 Å². The summed E-state index contributed by atoms with van der Waals surface area (Å²) in [5.74, 6) is 2.72. The lowest BCUT2D eigenvalue weighted by Crippen LogP contribution is -2.16. The molecule has 1 aliphatic heterocycles. The highest BCUT2D eigenvalue weighted by molar-refractivity contribution is 5.62. The first-order valence-electron chi connectivity index (χ1n) is 7.56. The number of ether oxygens (including phenoxy) is 3. The minimum absolute atomic E-state index is 0.571. The van der Waals surface area contributed by atoms with Gasteiger partial charge in [0.15, 0.2) is 11.5 Å². The van der Waals surface area contributed by atoms with Crippen molar-refractivity contribution < 1.29 is 14.2 Å². The minimum Gasteiger partial charge on any atom is -0.491 e. The number of unbranched alkanes of at least 4 members (excludes halogenated alkanes) is 1. The van der Waals surface area contributed by atoms with E-state index in [1.807, 2.05) is 6.07 Å². The molecule has 0 aromatic heterocycles. The summed E-state index contributed by atoms with van der Waals surface area (Å²) in [4.78, 5) is 0. The third kappa shape index (κ3) is 3.71. The van der Waals surface area contributed by atoms with Crippen LogP contribution in [0.15, 0.2) is 12.1 Å². The maximum atomic E-state index is 6.01. The summed E-state index contributed by atoms with van der Waals surface area (Å²) in [6.07, 6.45) is 4.81. The fourth-order valence-electron chi connectivity index (χ4n) is 2.32. The molecule has 112 valence electrons. The van der Waals surface area contributed by atoms with Crippen LogP contribution in [0.1, 0.15) is 39.5 Å². The van der Waals surface area contributed by atoms with Gasteiger partial charge >= 0.3 is 0 Å². The van der Waals surface area contributed by atoms with Crippen LogP contribution in [0.5, 0.6) is 17.2 Å². The van der Waals surface area contributed by atoms with E-state index in [1.54, 1.807) is 6.07 Å². The second kappa shape index (κ2) is 7.27. The van der Waals surface area contributed by atoms with Gasteiger partial charge in [0.2, 0.25) is 0 Å². The van der Waals surface area contributed by atoms with Gasteiger partial charge in [-0.3, -0.25) is 0 Å². The molecule has 1 unspecified atom stereocenters. The molecule has 20 heavy (non-hydrogen) atoms. The predicted molar refractivity (Wildman–Crippen MR) is 80.6 cm³/mol. The molecule has 0 radical (unpaired) electrons.